The summed E-state index contributed by atoms with van der Waals surface area (Å²) in [7, 11) is 4.79. The van der Waals surface area contributed by atoms with E-state index < -0.39 is 0 Å². The van der Waals surface area contributed by atoms with Gasteiger partial charge in [0, 0.05) is 10.8 Å². The first-order chi connectivity index (χ1) is 16.2. The molecule has 0 saturated heterocycles. The number of fused-ring (bicyclic) bond motifs is 5. The van der Waals surface area contributed by atoms with E-state index in [0.717, 1.165) is 43.2 Å². The number of benzene rings is 1. The predicted molar refractivity (Wildman–Crippen MR) is 131 cm³/mol. The van der Waals surface area contributed by atoms with Gasteiger partial charge in [-0.25, -0.2) is 0 Å². The summed E-state index contributed by atoms with van der Waals surface area (Å²) in [4.78, 5) is 25.8. The fraction of sp³-hybridized carbons (Fsp3) is 0.517. The van der Waals surface area contributed by atoms with Gasteiger partial charge in [-0.2, -0.15) is 0 Å². The maximum atomic E-state index is 13.8. The predicted octanol–water partition coefficient (Wildman–Crippen LogP) is 5.58. The number of ketones is 2. The molecule has 0 N–H and O–H groups in total. The number of carbonyl (C=O) groups excluding carboxylic acids is 2. The molecule has 0 spiro atoms. The number of hydrogen-bond acceptors (Lipinski definition) is 5. The Morgan fingerprint density at radius 1 is 0.971 bits per heavy atom. The highest BCUT2D eigenvalue weighted by Crippen LogP contribution is 2.64. The maximum absolute atomic E-state index is 13.8. The van der Waals surface area contributed by atoms with Gasteiger partial charge >= 0.3 is 0 Å². The zero-order valence-electron chi connectivity index (χ0n) is 20.8. The van der Waals surface area contributed by atoms with E-state index in [-0.39, 0.29) is 22.4 Å². The van der Waals surface area contributed by atoms with Crippen LogP contribution in [-0.2, 0) is 9.59 Å². The Morgan fingerprint density at radius 2 is 1.68 bits per heavy atom. The molecule has 5 atom stereocenters. The standard InChI is InChI=1S/C29H34O5/c1-28-10-8-20(30)16-19(28)6-7-21-22(28)9-11-29(2)23(21)15-18(27(29)31)12-17-13-24(32-3)26(34-5)25(14-17)33-4/h8,10,12-14,16,21-23H,6-7,9,11,15H2,1-5H3/t21-,22+,23+,28+,29+/m1/s1. The molecule has 0 amide bonds. The van der Waals surface area contributed by atoms with E-state index in [2.05, 4.69) is 19.9 Å². The highest BCUT2D eigenvalue weighted by atomic mass is 16.5. The number of rotatable bonds is 4. The molecule has 0 aromatic heterocycles. The second-order valence-corrected chi connectivity index (χ2v) is 10.7. The van der Waals surface area contributed by atoms with E-state index in [1.165, 1.54) is 5.57 Å². The van der Waals surface area contributed by atoms with Gasteiger partial charge in [0.25, 0.3) is 0 Å². The Bertz CT molecular complexity index is 1120. The van der Waals surface area contributed by atoms with Crippen molar-refractivity contribution >= 4 is 17.6 Å². The van der Waals surface area contributed by atoms with Gasteiger partial charge < -0.3 is 14.2 Å². The van der Waals surface area contributed by atoms with Gasteiger partial charge in [-0.15, -0.1) is 0 Å². The minimum atomic E-state index is -0.320. The first-order valence-electron chi connectivity index (χ1n) is 12.2. The third kappa shape index (κ3) is 3.27. The zero-order chi connectivity index (χ0) is 24.3. The van der Waals surface area contributed by atoms with Crippen molar-refractivity contribution in [3.63, 3.8) is 0 Å². The van der Waals surface area contributed by atoms with Crippen LogP contribution in [0.15, 0.2) is 41.5 Å². The molecule has 180 valence electrons. The smallest absolute Gasteiger partial charge is 0.203 e. The number of carbonyl (C=O) groups is 2. The summed E-state index contributed by atoms with van der Waals surface area (Å²) >= 11 is 0. The Balaban J connectivity index is 1.49. The van der Waals surface area contributed by atoms with Crippen LogP contribution in [-0.4, -0.2) is 32.9 Å². The average Bonchev–Trinajstić information content (AvgIpc) is 3.08. The molecule has 4 aliphatic rings. The molecular weight excluding hydrogens is 428 g/mol. The minimum Gasteiger partial charge on any atom is -0.493 e. The SMILES string of the molecule is COc1cc(C=C2C[C@H]3[C@@H]4CCC5=CC(=O)C=C[C@]5(C)[C@H]4CC[C@]3(C)C2=O)cc(OC)c1OC. The summed E-state index contributed by atoms with van der Waals surface area (Å²) in [5, 5.41) is 0. The molecule has 0 radical (unpaired) electrons. The molecular formula is C29H34O5. The van der Waals surface area contributed by atoms with Crippen LogP contribution < -0.4 is 14.2 Å². The van der Waals surface area contributed by atoms with Crippen LogP contribution >= 0.6 is 0 Å². The summed E-state index contributed by atoms with van der Waals surface area (Å²) in [5.41, 5.74) is 2.67. The molecule has 5 nitrogen and oxygen atoms in total. The van der Waals surface area contributed by atoms with E-state index in [1.54, 1.807) is 27.4 Å². The van der Waals surface area contributed by atoms with E-state index in [4.69, 9.17) is 14.2 Å². The molecule has 5 rings (SSSR count). The van der Waals surface area contributed by atoms with Crippen LogP contribution in [0.1, 0.15) is 51.5 Å². The summed E-state index contributed by atoms with van der Waals surface area (Å²) in [6.07, 6.45) is 12.5. The van der Waals surface area contributed by atoms with Crippen LogP contribution in [0.2, 0.25) is 0 Å². The first kappa shape index (κ1) is 22.9. The zero-order valence-corrected chi connectivity index (χ0v) is 20.8. The van der Waals surface area contributed by atoms with Crippen molar-refractivity contribution in [3.05, 3.63) is 47.1 Å². The summed E-state index contributed by atoms with van der Waals surface area (Å²) in [6.45, 7) is 4.48. The Kier molecular flexibility index (Phi) is 5.50. The third-order valence-electron chi connectivity index (χ3n) is 9.22. The number of allylic oxidation sites excluding steroid dienone is 5. The van der Waals surface area contributed by atoms with E-state index in [9.17, 15) is 9.59 Å². The van der Waals surface area contributed by atoms with Crippen LogP contribution in [0.25, 0.3) is 6.08 Å². The highest BCUT2D eigenvalue weighted by Gasteiger charge is 2.59. The fourth-order valence-corrected chi connectivity index (χ4v) is 7.38. The Morgan fingerprint density at radius 3 is 2.32 bits per heavy atom. The molecule has 34 heavy (non-hydrogen) atoms. The van der Waals surface area contributed by atoms with Gasteiger partial charge in [-0.1, -0.05) is 25.5 Å². The summed E-state index contributed by atoms with van der Waals surface area (Å²) < 4.78 is 16.5. The molecule has 4 aliphatic carbocycles. The van der Waals surface area contributed by atoms with Gasteiger partial charge in [0.15, 0.2) is 23.1 Å². The summed E-state index contributed by atoms with van der Waals surface area (Å²) in [5.74, 6) is 3.39. The minimum absolute atomic E-state index is 0.0651. The monoisotopic (exact) mass is 462 g/mol. The second kappa shape index (κ2) is 8.14. The van der Waals surface area contributed by atoms with Crippen molar-refractivity contribution in [2.24, 2.45) is 28.6 Å². The number of hydrogen-bond donors (Lipinski definition) is 0. The highest BCUT2D eigenvalue weighted by molar-refractivity contribution is 6.06. The molecule has 5 heteroatoms. The molecule has 3 saturated carbocycles. The van der Waals surface area contributed by atoms with Gasteiger partial charge in [0.1, 0.15) is 0 Å². The molecule has 0 bridgehead atoms. The average molecular weight is 463 g/mol. The van der Waals surface area contributed by atoms with Crippen molar-refractivity contribution in [1.82, 2.24) is 0 Å². The van der Waals surface area contributed by atoms with Crippen molar-refractivity contribution < 1.29 is 23.8 Å². The van der Waals surface area contributed by atoms with Gasteiger partial charge in [-0.05, 0) is 91.4 Å². The van der Waals surface area contributed by atoms with Crippen molar-refractivity contribution in [2.45, 2.75) is 46.0 Å². The Labute approximate surface area is 201 Å². The first-order valence-corrected chi connectivity index (χ1v) is 12.2. The lowest BCUT2D eigenvalue weighted by Crippen LogP contribution is -2.49. The van der Waals surface area contributed by atoms with Crippen LogP contribution in [0, 0.1) is 28.6 Å². The van der Waals surface area contributed by atoms with Gasteiger partial charge in [-0.3, -0.25) is 9.59 Å². The number of Topliss-reactive ketones (excluding diaryl/α,β-unsaturated/α-hetero) is 1. The number of ether oxygens (including phenoxy) is 3. The van der Waals surface area contributed by atoms with Crippen LogP contribution in [0.5, 0.6) is 17.2 Å². The third-order valence-corrected chi connectivity index (χ3v) is 9.22. The summed E-state index contributed by atoms with van der Waals surface area (Å²) in [6, 6.07) is 3.80. The lowest BCUT2D eigenvalue weighted by Gasteiger charge is -2.55. The number of methoxy groups -OCH3 is 3. The lowest BCUT2D eigenvalue weighted by molar-refractivity contribution is -0.129. The van der Waals surface area contributed by atoms with Crippen molar-refractivity contribution in [3.8, 4) is 17.2 Å². The van der Waals surface area contributed by atoms with E-state index in [0.29, 0.717) is 35.0 Å². The van der Waals surface area contributed by atoms with Crippen LogP contribution in [0.3, 0.4) is 0 Å². The topological polar surface area (TPSA) is 61.8 Å². The van der Waals surface area contributed by atoms with E-state index >= 15 is 0 Å². The normalized spacial score (nSPS) is 35.4. The Hall–Kier alpha value is -2.82. The molecule has 1 aromatic rings. The molecule has 0 aliphatic heterocycles. The van der Waals surface area contributed by atoms with Crippen molar-refractivity contribution in [1.29, 1.82) is 0 Å². The van der Waals surface area contributed by atoms with E-state index in [1.807, 2.05) is 24.3 Å². The van der Waals surface area contributed by atoms with Crippen molar-refractivity contribution in [2.75, 3.05) is 21.3 Å². The molecule has 0 unspecified atom stereocenters. The second-order valence-electron chi connectivity index (χ2n) is 10.7. The maximum Gasteiger partial charge on any atom is 0.203 e. The molecule has 3 fully saturated rings. The van der Waals surface area contributed by atoms with Crippen LogP contribution in [0.4, 0.5) is 0 Å². The van der Waals surface area contributed by atoms with Gasteiger partial charge in [0.2, 0.25) is 5.75 Å². The largest absolute Gasteiger partial charge is 0.493 e. The van der Waals surface area contributed by atoms with Gasteiger partial charge in [0.05, 0.1) is 21.3 Å². The quantitative estimate of drug-likeness (QED) is 0.547. The fourth-order valence-electron chi connectivity index (χ4n) is 7.38. The lowest BCUT2D eigenvalue weighted by atomic mass is 9.48. The molecule has 0 heterocycles. The molecule has 1 aromatic carbocycles.